The molecule has 0 aliphatic heterocycles. The Morgan fingerprint density at radius 2 is 0.846 bits per heavy atom. The van der Waals surface area contributed by atoms with E-state index in [-0.39, 0.29) is 11.5 Å². The Morgan fingerprint density at radius 1 is 0.538 bits per heavy atom. The smallest absolute Gasteiger partial charge is 0.178 e. The number of unbranched alkanes of at least 4 members (excludes halogenated alkanes) is 3. The van der Waals surface area contributed by atoms with Gasteiger partial charge in [0.15, 0.2) is 19.7 Å². The van der Waals surface area contributed by atoms with Crippen molar-refractivity contribution in [3.05, 3.63) is 59.7 Å². The van der Waals surface area contributed by atoms with E-state index in [0.29, 0.717) is 35.5 Å². The molecule has 0 aliphatic rings. The van der Waals surface area contributed by atoms with Crippen molar-refractivity contribution in [3.8, 4) is 0 Å². The molecule has 0 radical (unpaired) electrons. The van der Waals surface area contributed by atoms with Gasteiger partial charge in [0.25, 0.3) is 0 Å². The summed E-state index contributed by atoms with van der Waals surface area (Å²) in [5, 5.41) is 0. The average Bonchev–Trinajstić information content (AvgIpc) is 2.58. The van der Waals surface area contributed by atoms with Crippen molar-refractivity contribution < 1.29 is 16.8 Å². The summed E-state index contributed by atoms with van der Waals surface area (Å²) in [4.78, 5) is 0.704. The second kappa shape index (κ2) is 8.82. The molecule has 0 spiro atoms. The van der Waals surface area contributed by atoms with Crippen molar-refractivity contribution in [1.29, 1.82) is 0 Å². The first kappa shape index (κ1) is 20.6. The van der Waals surface area contributed by atoms with Gasteiger partial charge in [-0.15, -0.1) is 0 Å². The maximum atomic E-state index is 12.3. The van der Waals surface area contributed by atoms with Crippen LogP contribution in [0.15, 0.2) is 58.3 Å². The van der Waals surface area contributed by atoms with Crippen LogP contribution in [0.4, 0.5) is 0 Å². The Hall–Kier alpha value is -1.66. The lowest BCUT2D eigenvalue weighted by Gasteiger charge is -2.06. The van der Waals surface area contributed by atoms with E-state index in [1.54, 1.807) is 48.5 Å². The molecule has 0 saturated heterocycles. The van der Waals surface area contributed by atoms with E-state index in [4.69, 9.17) is 0 Å². The van der Waals surface area contributed by atoms with E-state index >= 15 is 0 Å². The third kappa shape index (κ3) is 5.95. The van der Waals surface area contributed by atoms with E-state index in [2.05, 4.69) is 0 Å². The molecule has 2 rings (SSSR count). The Morgan fingerprint density at radius 3 is 1.15 bits per heavy atom. The Labute approximate surface area is 157 Å². The van der Waals surface area contributed by atoms with Gasteiger partial charge in [-0.2, -0.15) is 0 Å². The summed E-state index contributed by atoms with van der Waals surface area (Å²) >= 11 is 0. The molecule has 0 fully saturated rings. The van der Waals surface area contributed by atoms with Crippen molar-refractivity contribution in [2.75, 3.05) is 11.5 Å². The lowest BCUT2D eigenvalue weighted by atomic mass is 10.2. The fourth-order valence-electron chi connectivity index (χ4n) is 2.66. The highest BCUT2D eigenvalue weighted by atomic mass is 32.2. The van der Waals surface area contributed by atoms with Gasteiger partial charge < -0.3 is 0 Å². The van der Waals surface area contributed by atoms with Gasteiger partial charge in [-0.3, -0.25) is 0 Å². The van der Waals surface area contributed by atoms with Gasteiger partial charge in [-0.25, -0.2) is 16.8 Å². The highest BCUT2D eigenvalue weighted by Crippen LogP contribution is 2.16. The summed E-state index contributed by atoms with van der Waals surface area (Å²) in [6, 6.07) is 13.7. The Balaban J connectivity index is 1.75. The van der Waals surface area contributed by atoms with Gasteiger partial charge in [0.2, 0.25) is 0 Å². The molecule has 2 aromatic rings. The normalized spacial score (nSPS) is 12.2. The summed E-state index contributed by atoms with van der Waals surface area (Å²) in [6.45, 7) is 3.84. The molecule has 6 heteroatoms. The molecule has 0 heterocycles. The molecule has 0 amide bonds. The average molecular weight is 395 g/mol. The maximum Gasteiger partial charge on any atom is 0.178 e. The minimum atomic E-state index is -3.26. The first-order valence-corrected chi connectivity index (χ1v) is 12.1. The van der Waals surface area contributed by atoms with Crippen molar-refractivity contribution in [2.45, 2.75) is 49.3 Å². The molecular formula is C20H26O4S2. The quantitative estimate of drug-likeness (QED) is 0.600. The van der Waals surface area contributed by atoms with Gasteiger partial charge in [0, 0.05) is 0 Å². The fraction of sp³-hybridized carbons (Fsp3) is 0.400. The zero-order valence-electron chi connectivity index (χ0n) is 15.3. The number of rotatable bonds is 9. The zero-order valence-corrected chi connectivity index (χ0v) is 16.9. The summed E-state index contributed by atoms with van der Waals surface area (Å²) < 4.78 is 49.0. The van der Waals surface area contributed by atoms with Crippen LogP contribution in [-0.2, 0) is 19.7 Å². The van der Waals surface area contributed by atoms with E-state index in [0.717, 1.165) is 11.1 Å². The number of benzene rings is 2. The first-order chi connectivity index (χ1) is 12.2. The van der Waals surface area contributed by atoms with Crippen molar-refractivity contribution in [3.63, 3.8) is 0 Å². The van der Waals surface area contributed by atoms with Crippen molar-refractivity contribution in [2.24, 2.45) is 0 Å². The van der Waals surface area contributed by atoms with Crippen molar-refractivity contribution >= 4 is 19.7 Å². The largest absolute Gasteiger partial charge is 0.224 e. The second-order valence-electron chi connectivity index (χ2n) is 6.68. The maximum absolute atomic E-state index is 12.3. The molecule has 2 aromatic carbocycles. The molecule has 0 aromatic heterocycles. The minimum Gasteiger partial charge on any atom is -0.224 e. The van der Waals surface area contributed by atoms with Crippen molar-refractivity contribution in [1.82, 2.24) is 0 Å². The van der Waals surface area contributed by atoms with Gasteiger partial charge >= 0.3 is 0 Å². The molecule has 0 bridgehead atoms. The van der Waals surface area contributed by atoms with Crippen LogP contribution in [0.5, 0.6) is 0 Å². The Bertz CT molecular complexity index is 831. The van der Waals surface area contributed by atoms with Crippen LogP contribution in [0.2, 0.25) is 0 Å². The van der Waals surface area contributed by atoms with Gasteiger partial charge in [-0.05, 0) is 51.0 Å². The summed E-state index contributed by atoms with van der Waals surface area (Å²) in [7, 11) is -6.52. The van der Waals surface area contributed by atoms with Gasteiger partial charge in [-0.1, -0.05) is 48.2 Å². The molecule has 0 aliphatic carbocycles. The standard InChI is InChI=1S/C20H26O4S2/c1-17-7-11-19(12-8-17)25(21,22)15-5-3-4-6-16-26(23,24)20-13-9-18(2)10-14-20/h7-14H,3-6,15-16H2,1-2H3. The van der Waals surface area contributed by atoms with E-state index in [9.17, 15) is 16.8 Å². The molecule has 0 atom stereocenters. The highest BCUT2D eigenvalue weighted by Gasteiger charge is 2.15. The highest BCUT2D eigenvalue weighted by molar-refractivity contribution is 7.91. The predicted molar refractivity (Wildman–Crippen MR) is 105 cm³/mol. The number of aryl methyl sites for hydroxylation is 2. The fourth-order valence-corrected chi connectivity index (χ4v) is 5.41. The van der Waals surface area contributed by atoms with Crippen LogP contribution in [-0.4, -0.2) is 28.3 Å². The van der Waals surface area contributed by atoms with Crippen LogP contribution in [0, 0.1) is 13.8 Å². The summed E-state index contributed by atoms with van der Waals surface area (Å²) in [5.41, 5.74) is 2.05. The van der Waals surface area contributed by atoms with Crippen LogP contribution >= 0.6 is 0 Å². The zero-order chi connectivity index (χ0) is 19.2. The third-order valence-electron chi connectivity index (χ3n) is 4.34. The van der Waals surface area contributed by atoms with Gasteiger partial charge in [0.05, 0.1) is 21.3 Å². The molecule has 4 nitrogen and oxygen atoms in total. The monoisotopic (exact) mass is 394 g/mol. The van der Waals surface area contributed by atoms with Crippen LogP contribution in [0.25, 0.3) is 0 Å². The number of sulfone groups is 2. The SMILES string of the molecule is Cc1ccc(S(=O)(=O)CCCCCCS(=O)(=O)c2ccc(C)cc2)cc1. The van der Waals surface area contributed by atoms with Crippen LogP contribution < -0.4 is 0 Å². The molecule has 0 N–H and O–H groups in total. The molecule has 142 valence electrons. The second-order valence-corrected chi connectivity index (χ2v) is 10.9. The van der Waals surface area contributed by atoms with Gasteiger partial charge in [0.1, 0.15) is 0 Å². The third-order valence-corrected chi connectivity index (χ3v) is 7.97. The summed E-state index contributed by atoms with van der Waals surface area (Å²) in [5.74, 6) is 0.196. The minimum absolute atomic E-state index is 0.0980. The summed E-state index contributed by atoms with van der Waals surface area (Å²) in [6.07, 6.45) is 2.49. The first-order valence-electron chi connectivity index (χ1n) is 8.79. The van der Waals surface area contributed by atoms with Crippen LogP contribution in [0.3, 0.4) is 0 Å². The predicted octanol–water partition coefficient (Wildman–Crippen LogP) is 4.11. The Kier molecular flexibility index (Phi) is 7.01. The number of hydrogen-bond acceptors (Lipinski definition) is 4. The topological polar surface area (TPSA) is 68.3 Å². The van der Waals surface area contributed by atoms with E-state index in [1.807, 2.05) is 13.8 Å². The molecule has 0 unspecified atom stereocenters. The molecule has 26 heavy (non-hydrogen) atoms. The van der Waals surface area contributed by atoms with Crippen LogP contribution in [0.1, 0.15) is 36.8 Å². The molecular weight excluding hydrogens is 368 g/mol. The lowest BCUT2D eigenvalue weighted by molar-refractivity contribution is 0.582. The van der Waals surface area contributed by atoms with E-state index in [1.165, 1.54) is 0 Å². The lowest BCUT2D eigenvalue weighted by Crippen LogP contribution is -2.08. The molecule has 0 saturated carbocycles. The number of hydrogen-bond donors (Lipinski definition) is 0. The van der Waals surface area contributed by atoms with E-state index < -0.39 is 19.7 Å².